The van der Waals surface area contributed by atoms with E-state index in [-0.39, 0.29) is 120 Å². The summed E-state index contributed by atoms with van der Waals surface area (Å²) in [5.41, 5.74) is 28.8. The molecule has 1 aliphatic heterocycles. The van der Waals surface area contributed by atoms with Crippen LogP contribution in [-0.4, -0.2) is 236 Å². The van der Waals surface area contributed by atoms with Gasteiger partial charge < -0.3 is 112 Å². The molecule has 0 bridgehead atoms. The summed E-state index contributed by atoms with van der Waals surface area (Å²) in [6.07, 6.45) is -0.161. The Balaban J connectivity index is 2.64. The largest absolute Gasteiger partial charge is 0.508 e. The van der Waals surface area contributed by atoms with Crippen molar-refractivity contribution in [1.29, 1.82) is 0 Å². The minimum atomic E-state index is -1.84. The normalized spacial score (nSPS) is 16.3. The molecule has 1 aromatic carbocycles. The smallest absolute Gasteiger partial charge is 0.326 e. The second kappa shape index (κ2) is 51.7. The first-order valence-corrected chi connectivity index (χ1v) is 40.3. The Bertz CT molecular complexity index is 3420. The number of carboxylic acid groups (broad SMARTS) is 3. The fourth-order valence-corrected chi connectivity index (χ4v) is 12.9. The number of carbonyl (C=O) groups excluding carboxylic acids is 13. The van der Waals surface area contributed by atoms with Crippen LogP contribution in [0, 0.1) is 29.6 Å². The van der Waals surface area contributed by atoms with Gasteiger partial charge in [-0.3, -0.25) is 76.9 Å². The van der Waals surface area contributed by atoms with Crippen LogP contribution in [0.4, 0.5) is 0 Å². The van der Waals surface area contributed by atoms with Crippen LogP contribution in [0.3, 0.4) is 0 Å². The third kappa shape index (κ3) is 36.9. The molecule has 1 heterocycles. The molecule has 1 aliphatic rings. The number of nitrogens with one attached hydrogen (secondary N) is 11. The number of aromatic hydroxyl groups is 1. The van der Waals surface area contributed by atoms with Crippen molar-refractivity contribution in [1.82, 2.24) is 63.4 Å². The number of likely N-dealkylation sites (tertiary alicyclic amines) is 1. The maximum Gasteiger partial charge on any atom is 0.326 e. The molecule has 0 spiro atoms. The zero-order chi connectivity index (χ0) is 86.2. The number of carboxylic acids is 3. The van der Waals surface area contributed by atoms with E-state index in [1.165, 1.54) is 40.9 Å². The van der Waals surface area contributed by atoms with Crippen LogP contribution in [0.25, 0.3) is 0 Å². The number of amides is 13. The lowest BCUT2D eigenvalue weighted by Gasteiger charge is -2.33. The molecule has 39 heteroatoms. The highest BCUT2D eigenvalue weighted by molar-refractivity contribution is 7.98. The molecule has 38 nitrogen and oxygen atoms in total. The highest BCUT2D eigenvalue weighted by Crippen LogP contribution is 2.24. The first-order valence-electron chi connectivity index (χ1n) is 38.9. The summed E-state index contributed by atoms with van der Waals surface area (Å²) >= 11 is 1.44. The van der Waals surface area contributed by atoms with Crippen molar-refractivity contribution >= 4 is 112 Å². The van der Waals surface area contributed by atoms with Gasteiger partial charge in [0, 0.05) is 32.4 Å². The van der Waals surface area contributed by atoms with Crippen LogP contribution in [-0.2, 0) is 83.1 Å². The number of phenolic OH excluding ortho intramolecular Hbond substituents is 1. The van der Waals surface area contributed by atoms with Crippen LogP contribution >= 0.6 is 11.8 Å². The van der Waals surface area contributed by atoms with Gasteiger partial charge in [-0.25, -0.2) is 4.79 Å². The molecule has 642 valence electrons. The Hall–Kier alpha value is -9.92. The second-order valence-corrected chi connectivity index (χ2v) is 31.2. The molecule has 25 N–H and O–H groups in total. The molecule has 1 aromatic rings. The maximum absolute atomic E-state index is 15.0. The molecule has 0 aromatic heterocycles. The van der Waals surface area contributed by atoms with Crippen molar-refractivity contribution < 1.29 is 97.1 Å². The van der Waals surface area contributed by atoms with Crippen LogP contribution in [0.1, 0.15) is 190 Å². The zero-order valence-electron chi connectivity index (χ0n) is 67.5. The number of benzene rings is 1. The van der Waals surface area contributed by atoms with Gasteiger partial charge in [0.25, 0.3) is 0 Å². The van der Waals surface area contributed by atoms with E-state index in [4.69, 9.17) is 33.8 Å². The number of nitrogens with two attached hydrogens (primary N) is 5. The lowest BCUT2D eigenvalue weighted by Crippen LogP contribution is -2.62. The summed E-state index contributed by atoms with van der Waals surface area (Å²) in [4.78, 5) is 226. The Morgan fingerprint density at radius 1 is 0.500 bits per heavy atom. The quantitative estimate of drug-likeness (QED) is 0.0199. The number of hydrogen-bond donors (Lipinski definition) is 20. The molecular formula is C75H126N18O20S. The van der Waals surface area contributed by atoms with E-state index in [1.807, 2.05) is 20.1 Å². The molecule has 0 saturated carbocycles. The highest BCUT2D eigenvalue weighted by atomic mass is 32.2. The topological polar surface area (TPSA) is 632 Å². The van der Waals surface area contributed by atoms with Gasteiger partial charge in [0.2, 0.25) is 76.8 Å². The van der Waals surface area contributed by atoms with Crippen LogP contribution in [0.15, 0.2) is 29.3 Å². The Kier molecular flexibility index (Phi) is 45.5. The van der Waals surface area contributed by atoms with Crippen molar-refractivity contribution in [2.75, 3.05) is 31.6 Å². The molecule has 1 saturated heterocycles. The Morgan fingerprint density at radius 3 is 1.42 bits per heavy atom. The monoisotopic (exact) mass is 1630 g/mol. The molecule has 0 aliphatic carbocycles. The predicted molar refractivity (Wildman–Crippen MR) is 424 cm³/mol. The first-order chi connectivity index (χ1) is 53.6. The van der Waals surface area contributed by atoms with Gasteiger partial charge in [-0.2, -0.15) is 11.8 Å². The number of carbonyl (C=O) groups is 16. The summed E-state index contributed by atoms with van der Waals surface area (Å²) in [5, 5.41) is 67.8. The summed E-state index contributed by atoms with van der Waals surface area (Å²) in [5.74, 6) is -17.7. The summed E-state index contributed by atoms with van der Waals surface area (Å²) in [6.45, 7) is 17.8. The number of guanidine groups is 1. The molecule has 0 unspecified atom stereocenters. The third-order valence-corrected chi connectivity index (χ3v) is 19.8. The van der Waals surface area contributed by atoms with Crippen molar-refractivity contribution in [3.8, 4) is 5.75 Å². The minimum Gasteiger partial charge on any atom is -0.508 e. The van der Waals surface area contributed by atoms with E-state index >= 15 is 4.79 Å². The van der Waals surface area contributed by atoms with Crippen LogP contribution in [0.2, 0.25) is 0 Å². The van der Waals surface area contributed by atoms with E-state index in [9.17, 15) is 87.2 Å². The minimum absolute atomic E-state index is 0.0217. The van der Waals surface area contributed by atoms with Gasteiger partial charge in [-0.1, -0.05) is 94.2 Å². The van der Waals surface area contributed by atoms with Crippen molar-refractivity contribution in [2.45, 2.75) is 270 Å². The third-order valence-electron chi connectivity index (χ3n) is 19.1. The van der Waals surface area contributed by atoms with Crippen LogP contribution in [0.5, 0.6) is 5.75 Å². The number of aliphatic imine (C=N–C) groups is 1. The molecule has 13 amide bonds. The number of rotatable bonds is 55. The van der Waals surface area contributed by atoms with Crippen LogP contribution < -0.4 is 87.2 Å². The van der Waals surface area contributed by atoms with Crippen molar-refractivity contribution in [2.24, 2.45) is 63.3 Å². The molecule has 0 radical (unpaired) electrons. The van der Waals surface area contributed by atoms with Crippen molar-refractivity contribution in [3.63, 3.8) is 0 Å². The Labute approximate surface area is 670 Å². The van der Waals surface area contributed by atoms with E-state index in [0.717, 1.165) is 0 Å². The number of primary amides is 1. The fourth-order valence-electron chi connectivity index (χ4n) is 12.4. The maximum atomic E-state index is 15.0. The van der Waals surface area contributed by atoms with Gasteiger partial charge in [0.1, 0.15) is 78.3 Å². The first kappa shape index (κ1) is 100. The number of aliphatic carboxylic acids is 3. The van der Waals surface area contributed by atoms with Crippen molar-refractivity contribution in [3.05, 3.63) is 29.8 Å². The highest BCUT2D eigenvalue weighted by Gasteiger charge is 2.43. The molecule has 1 fully saturated rings. The van der Waals surface area contributed by atoms with E-state index in [2.05, 4.69) is 63.5 Å². The standard InChI is InChI=1S/C75H126N18O20S/c1-12-42(9)60(91-66(104)50(29-33-114-11)82-62(100)46(77)34-39(3)4)72(110)90-53(36-41(7)8)68(106)87-52(35-40(5)6)67(105)84-49(25-27-58(96)97)64(102)88-54(37-44-21-23-45(94)24-22-44)69(107)83-47(18-14-15-30-76)65(103)92-61(43(10)13-2)73(111)93-32-17-20-56(93)71(109)85-48(19-16-31-81-75(79)80)63(101)89-55(38-57(78)95)70(108)86-51(74(112)113)26-28-59(98)99/h21-24,39-43,46-56,60-61,94H,12-20,25-38,76-77H2,1-11H3,(H2,78,95)(H,82,100)(H,83,107)(H,84,105)(H,85,109)(H,86,108)(H,87,106)(H,88,102)(H,89,101)(H,90,110)(H,91,104)(H,92,103)(H,96,97)(H,98,99)(H,112,113)(H4,79,80,81)/t42-,43-,46-,47-,48-,49-,50-,51-,52-,53-,54-,55-,56-,60-,61-/m0/s1. The Morgan fingerprint density at radius 2 is 0.921 bits per heavy atom. The van der Waals surface area contributed by atoms with Gasteiger partial charge in [-0.15, -0.1) is 0 Å². The van der Waals surface area contributed by atoms with Gasteiger partial charge in [-0.05, 0) is 149 Å². The molecular weight excluding hydrogens is 1500 g/mol. The number of unbranched alkanes of at least 4 members (excludes halogenated alkanes) is 1. The second-order valence-electron chi connectivity index (χ2n) is 30.2. The summed E-state index contributed by atoms with van der Waals surface area (Å²) in [7, 11) is 0. The summed E-state index contributed by atoms with van der Waals surface area (Å²) < 4.78 is 0. The van der Waals surface area contributed by atoms with Gasteiger partial charge in [0.05, 0.1) is 12.5 Å². The van der Waals surface area contributed by atoms with Gasteiger partial charge >= 0.3 is 17.9 Å². The fraction of sp³-hybridized carbons (Fsp3) is 0.693. The lowest BCUT2D eigenvalue weighted by molar-refractivity contribution is -0.144. The molecule has 2 rings (SSSR count). The lowest BCUT2D eigenvalue weighted by atomic mass is 9.96. The average Bonchev–Trinajstić information content (AvgIpc) is 1.60. The number of thioether (sulfide) groups is 1. The van der Waals surface area contributed by atoms with E-state index in [1.54, 1.807) is 55.4 Å². The summed E-state index contributed by atoms with van der Waals surface area (Å²) in [6, 6.07) is -13.1. The SMILES string of the molecule is CC[C@H](C)[C@H](NC(=O)[C@H](CCSC)NC(=O)[C@@H](N)CC(C)C)C(=O)N[C@@H](CC(C)C)C(=O)N[C@@H](CC(C)C)C(=O)N[C@@H](CCC(=O)O)C(=O)N[C@@H](Cc1ccc(O)cc1)C(=O)N[C@@H](CCCCN)C(=O)N[C@H](C(=O)N1CCC[C@H]1C(=O)N[C@@H](CCCN=C(N)N)C(=O)N[C@@H](CC(N)=O)C(=O)N[C@@H](CCC(=O)O)C(=O)O)[C@@H](C)CC. The zero-order valence-corrected chi connectivity index (χ0v) is 68.3. The number of hydrogen-bond acceptors (Lipinski definition) is 21. The predicted octanol–water partition coefficient (Wildman–Crippen LogP) is -1.56. The number of nitrogens with zero attached hydrogens (tertiary/aromatic N) is 2. The average molecular weight is 1630 g/mol. The molecule has 114 heavy (non-hydrogen) atoms. The van der Waals surface area contributed by atoms with E-state index in [0.29, 0.717) is 30.6 Å². The van der Waals surface area contributed by atoms with E-state index < -0.39 is 217 Å². The van der Waals surface area contributed by atoms with Gasteiger partial charge in [0.15, 0.2) is 5.96 Å². The number of phenols is 1. The molecule has 15 atom stereocenters.